The predicted octanol–water partition coefficient (Wildman–Crippen LogP) is 5.45. The van der Waals surface area contributed by atoms with Crippen LogP contribution in [0.15, 0.2) is 75.9 Å². The summed E-state index contributed by atoms with van der Waals surface area (Å²) in [6.07, 6.45) is 0. The van der Waals surface area contributed by atoms with Gasteiger partial charge in [0, 0.05) is 48.8 Å². The summed E-state index contributed by atoms with van der Waals surface area (Å²) >= 11 is 6.15. The van der Waals surface area contributed by atoms with Crippen LogP contribution in [0, 0.1) is 6.92 Å². The number of hydrogen-bond donors (Lipinski definition) is 1. The minimum absolute atomic E-state index is 0.148. The molecule has 0 unspecified atom stereocenters. The van der Waals surface area contributed by atoms with E-state index in [1.807, 2.05) is 61.5 Å². The highest BCUT2D eigenvalue weighted by atomic mass is 35.5. The second-order valence-electron chi connectivity index (χ2n) is 8.44. The van der Waals surface area contributed by atoms with Crippen LogP contribution >= 0.6 is 11.6 Å². The Bertz CT molecular complexity index is 1360. The maximum absolute atomic E-state index is 13.0. The van der Waals surface area contributed by atoms with E-state index in [0.717, 1.165) is 53.4 Å². The molecular weight excluding hydrogens is 436 g/mol. The molecule has 0 spiro atoms. The SMILES string of the molecule is Cc1c(-c2ccccc2)c(=O)oc2c(CN3CCN(c4cccc(Cl)c4)CC3)c(O)ccc12. The molecule has 0 saturated carbocycles. The summed E-state index contributed by atoms with van der Waals surface area (Å²) in [5.41, 5.74) is 4.11. The average Bonchev–Trinajstić information content (AvgIpc) is 2.82. The minimum atomic E-state index is -0.385. The number of phenols is 1. The Morgan fingerprint density at radius 3 is 2.45 bits per heavy atom. The highest BCUT2D eigenvalue weighted by Crippen LogP contribution is 2.33. The third-order valence-corrected chi connectivity index (χ3v) is 6.64. The van der Waals surface area contributed by atoms with E-state index >= 15 is 0 Å². The molecule has 1 saturated heterocycles. The van der Waals surface area contributed by atoms with E-state index in [4.69, 9.17) is 16.0 Å². The fourth-order valence-corrected chi connectivity index (χ4v) is 4.80. The number of halogens is 1. The lowest BCUT2D eigenvalue weighted by Gasteiger charge is -2.36. The number of rotatable bonds is 4. The first kappa shape index (κ1) is 21.6. The van der Waals surface area contributed by atoms with Gasteiger partial charge in [0.2, 0.25) is 0 Å². The largest absolute Gasteiger partial charge is 0.507 e. The molecule has 5 nitrogen and oxygen atoms in total. The van der Waals surface area contributed by atoms with Crippen LogP contribution in [0.4, 0.5) is 5.69 Å². The van der Waals surface area contributed by atoms with E-state index in [-0.39, 0.29) is 11.4 Å². The molecule has 0 radical (unpaired) electrons. The summed E-state index contributed by atoms with van der Waals surface area (Å²) in [7, 11) is 0. The van der Waals surface area contributed by atoms with Crippen molar-refractivity contribution < 1.29 is 9.52 Å². The van der Waals surface area contributed by atoms with Crippen molar-refractivity contribution in [2.75, 3.05) is 31.1 Å². The Morgan fingerprint density at radius 2 is 1.73 bits per heavy atom. The van der Waals surface area contributed by atoms with Gasteiger partial charge in [-0.2, -0.15) is 0 Å². The molecule has 0 atom stereocenters. The normalized spacial score (nSPS) is 14.7. The van der Waals surface area contributed by atoms with Crippen LogP contribution < -0.4 is 10.5 Å². The fourth-order valence-electron chi connectivity index (χ4n) is 4.61. The molecule has 1 aromatic heterocycles. The van der Waals surface area contributed by atoms with Crippen molar-refractivity contribution in [2.24, 2.45) is 0 Å². The minimum Gasteiger partial charge on any atom is -0.507 e. The predicted molar refractivity (Wildman–Crippen MR) is 133 cm³/mol. The van der Waals surface area contributed by atoms with Crippen molar-refractivity contribution in [1.29, 1.82) is 0 Å². The maximum Gasteiger partial charge on any atom is 0.344 e. The van der Waals surface area contributed by atoms with Crippen molar-refractivity contribution in [3.63, 3.8) is 0 Å². The van der Waals surface area contributed by atoms with Gasteiger partial charge in [-0.25, -0.2) is 4.79 Å². The molecular formula is C27H25ClN2O3. The first-order valence-electron chi connectivity index (χ1n) is 11.1. The van der Waals surface area contributed by atoms with Crippen LogP contribution in [0.1, 0.15) is 11.1 Å². The number of benzene rings is 3. The topological polar surface area (TPSA) is 56.9 Å². The van der Waals surface area contributed by atoms with Gasteiger partial charge in [0.05, 0.1) is 11.1 Å². The number of hydrogen-bond acceptors (Lipinski definition) is 5. The van der Waals surface area contributed by atoms with E-state index in [1.54, 1.807) is 6.07 Å². The second kappa shape index (κ2) is 8.93. The smallest absolute Gasteiger partial charge is 0.344 e. The number of aromatic hydroxyl groups is 1. The number of fused-ring (bicyclic) bond motifs is 1. The molecule has 0 bridgehead atoms. The molecule has 3 aromatic carbocycles. The third kappa shape index (κ3) is 4.22. The van der Waals surface area contributed by atoms with Crippen LogP contribution in [0.2, 0.25) is 5.02 Å². The van der Waals surface area contributed by atoms with E-state index in [0.29, 0.717) is 23.3 Å². The summed E-state index contributed by atoms with van der Waals surface area (Å²) in [6, 6.07) is 21.0. The van der Waals surface area contributed by atoms with Gasteiger partial charge in [-0.05, 0) is 48.4 Å². The Hall–Kier alpha value is -3.28. The van der Waals surface area contributed by atoms with Crippen LogP contribution in [0.3, 0.4) is 0 Å². The van der Waals surface area contributed by atoms with Crippen LogP contribution in [-0.2, 0) is 6.54 Å². The average molecular weight is 461 g/mol. The highest BCUT2D eigenvalue weighted by molar-refractivity contribution is 6.30. The zero-order valence-electron chi connectivity index (χ0n) is 18.4. The summed E-state index contributed by atoms with van der Waals surface area (Å²) in [6.45, 7) is 5.81. The Kier molecular flexibility index (Phi) is 5.83. The molecule has 5 rings (SSSR count). The van der Waals surface area contributed by atoms with Gasteiger partial charge < -0.3 is 14.4 Å². The molecule has 0 amide bonds. The highest BCUT2D eigenvalue weighted by Gasteiger charge is 2.22. The van der Waals surface area contributed by atoms with Gasteiger partial charge >= 0.3 is 5.63 Å². The van der Waals surface area contributed by atoms with Crippen molar-refractivity contribution in [3.05, 3.63) is 93.3 Å². The summed E-state index contributed by atoms with van der Waals surface area (Å²) < 4.78 is 5.82. The molecule has 1 aliphatic heterocycles. The summed E-state index contributed by atoms with van der Waals surface area (Å²) in [5.74, 6) is 0.148. The quantitative estimate of drug-likeness (QED) is 0.410. The molecule has 33 heavy (non-hydrogen) atoms. The van der Waals surface area contributed by atoms with Crippen LogP contribution in [0.5, 0.6) is 5.75 Å². The lowest BCUT2D eigenvalue weighted by Crippen LogP contribution is -2.46. The Morgan fingerprint density at radius 1 is 0.970 bits per heavy atom. The van der Waals surface area contributed by atoms with Gasteiger partial charge in [-0.15, -0.1) is 0 Å². The van der Waals surface area contributed by atoms with Gasteiger partial charge in [-0.1, -0.05) is 48.0 Å². The molecule has 1 aliphatic rings. The van der Waals surface area contributed by atoms with Gasteiger partial charge in [0.25, 0.3) is 0 Å². The zero-order valence-corrected chi connectivity index (χ0v) is 19.2. The maximum atomic E-state index is 13.0. The molecule has 1 fully saturated rings. The van der Waals surface area contributed by atoms with Crippen LogP contribution in [0.25, 0.3) is 22.1 Å². The van der Waals surface area contributed by atoms with Gasteiger partial charge in [0.15, 0.2) is 0 Å². The molecule has 6 heteroatoms. The van der Waals surface area contributed by atoms with E-state index < -0.39 is 0 Å². The third-order valence-electron chi connectivity index (χ3n) is 6.40. The number of nitrogens with zero attached hydrogens (tertiary/aromatic N) is 2. The molecule has 2 heterocycles. The van der Waals surface area contributed by atoms with Gasteiger partial charge in [0.1, 0.15) is 11.3 Å². The first-order valence-corrected chi connectivity index (χ1v) is 11.5. The summed E-state index contributed by atoms with van der Waals surface area (Å²) in [5, 5.41) is 12.2. The van der Waals surface area contributed by atoms with Crippen molar-refractivity contribution in [3.8, 4) is 16.9 Å². The molecule has 4 aromatic rings. The molecule has 168 valence electrons. The molecule has 1 N–H and O–H groups in total. The van der Waals surface area contributed by atoms with E-state index in [2.05, 4.69) is 15.9 Å². The second-order valence-corrected chi connectivity index (χ2v) is 8.87. The standard InChI is InChI=1S/C27H25ClN2O3/c1-18-22-10-11-24(31)23(26(22)33-27(32)25(18)19-6-3-2-4-7-19)17-29-12-14-30(15-13-29)21-9-5-8-20(28)16-21/h2-11,16,31H,12-15,17H2,1H3. The lowest BCUT2D eigenvalue weighted by molar-refractivity contribution is 0.246. The van der Waals surface area contributed by atoms with Crippen molar-refractivity contribution in [2.45, 2.75) is 13.5 Å². The fraction of sp³-hybridized carbons (Fsp3) is 0.222. The zero-order chi connectivity index (χ0) is 22.9. The van der Waals surface area contributed by atoms with E-state index in [9.17, 15) is 9.90 Å². The lowest BCUT2D eigenvalue weighted by atomic mass is 9.98. The van der Waals surface area contributed by atoms with E-state index in [1.165, 1.54) is 0 Å². The number of phenolic OH excluding ortho intramolecular Hbond substituents is 1. The Balaban J connectivity index is 1.43. The van der Waals surface area contributed by atoms with Gasteiger partial charge in [-0.3, -0.25) is 4.90 Å². The summed E-state index contributed by atoms with van der Waals surface area (Å²) in [4.78, 5) is 17.5. The first-order chi connectivity index (χ1) is 16.0. The van der Waals surface area contributed by atoms with Crippen molar-refractivity contribution >= 4 is 28.3 Å². The Labute approximate surface area is 197 Å². The van der Waals surface area contributed by atoms with Crippen molar-refractivity contribution in [1.82, 2.24) is 4.90 Å². The van der Waals surface area contributed by atoms with Crippen LogP contribution in [-0.4, -0.2) is 36.2 Å². The molecule has 0 aliphatic carbocycles. The number of piperazine rings is 1. The number of anilines is 1. The monoisotopic (exact) mass is 460 g/mol. The number of aryl methyl sites for hydroxylation is 1.